The zero-order valence-electron chi connectivity index (χ0n) is 11.7. The van der Waals surface area contributed by atoms with Gasteiger partial charge in [-0.3, -0.25) is 4.79 Å². The number of nitrogens with one attached hydrogen (secondary N) is 1. The molecular weight excluding hydrogens is 353 g/mol. The number of hydrogen-bond acceptors (Lipinski definition) is 3. The lowest BCUT2D eigenvalue weighted by molar-refractivity contribution is -0.123. The van der Waals surface area contributed by atoms with Gasteiger partial charge in [-0.1, -0.05) is 34.1 Å². The number of anilines is 1. The molecule has 0 heterocycles. The number of esters is 1. The van der Waals surface area contributed by atoms with Gasteiger partial charge in [0.1, 0.15) is 5.82 Å². The zero-order chi connectivity index (χ0) is 16.1. The van der Waals surface area contributed by atoms with E-state index < -0.39 is 23.8 Å². The van der Waals surface area contributed by atoms with Crippen molar-refractivity contribution in [3.63, 3.8) is 0 Å². The third-order valence-corrected chi connectivity index (χ3v) is 3.34. The van der Waals surface area contributed by atoms with E-state index in [4.69, 9.17) is 4.74 Å². The molecule has 0 fully saturated rings. The summed E-state index contributed by atoms with van der Waals surface area (Å²) in [6.07, 6.45) is -1.05. The van der Waals surface area contributed by atoms with Gasteiger partial charge >= 0.3 is 5.97 Å². The van der Waals surface area contributed by atoms with Gasteiger partial charge in [0.05, 0.1) is 11.3 Å². The van der Waals surface area contributed by atoms with E-state index in [0.29, 0.717) is 10.0 Å². The third kappa shape index (κ3) is 4.14. The molecule has 1 atom stereocenters. The summed E-state index contributed by atoms with van der Waals surface area (Å²) in [5.41, 5.74) is 0.368. The third-order valence-electron chi connectivity index (χ3n) is 2.85. The van der Waals surface area contributed by atoms with Gasteiger partial charge in [0.2, 0.25) is 0 Å². The summed E-state index contributed by atoms with van der Waals surface area (Å²) >= 11 is 3.13. The molecule has 22 heavy (non-hydrogen) atoms. The van der Waals surface area contributed by atoms with E-state index in [-0.39, 0.29) is 5.69 Å². The van der Waals surface area contributed by atoms with Crippen molar-refractivity contribution in [1.29, 1.82) is 0 Å². The Labute approximate surface area is 135 Å². The largest absolute Gasteiger partial charge is 0.449 e. The number of carbonyl (C=O) groups is 2. The minimum absolute atomic E-state index is 0.0239. The highest BCUT2D eigenvalue weighted by molar-refractivity contribution is 9.10. The summed E-state index contributed by atoms with van der Waals surface area (Å²) in [6, 6.07) is 12.6. The molecule has 114 valence electrons. The predicted octanol–water partition coefficient (Wildman–Crippen LogP) is 3.77. The molecule has 0 saturated carbocycles. The van der Waals surface area contributed by atoms with Crippen LogP contribution >= 0.6 is 15.9 Å². The molecule has 6 heteroatoms. The Morgan fingerprint density at radius 1 is 1.18 bits per heavy atom. The van der Waals surface area contributed by atoms with Crippen molar-refractivity contribution in [1.82, 2.24) is 0 Å². The van der Waals surface area contributed by atoms with Crippen LogP contribution in [-0.2, 0) is 9.53 Å². The normalized spacial score (nSPS) is 11.6. The molecule has 2 aromatic rings. The highest BCUT2D eigenvalue weighted by Gasteiger charge is 2.19. The quantitative estimate of drug-likeness (QED) is 0.839. The topological polar surface area (TPSA) is 55.4 Å². The first kappa shape index (κ1) is 16.2. The summed E-state index contributed by atoms with van der Waals surface area (Å²) in [5, 5.41) is 2.38. The number of amides is 1. The molecular formula is C16H13BrFNO3. The lowest BCUT2D eigenvalue weighted by atomic mass is 10.2. The van der Waals surface area contributed by atoms with Crippen LogP contribution in [0.4, 0.5) is 10.1 Å². The molecule has 2 aromatic carbocycles. The van der Waals surface area contributed by atoms with Gasteiger partial charge in [-0.25, -0.2) is 9.18 Å². The monoisotopic (exact) mass is 365 g/mol. The lowest BCUT2D eigenvalue weighted by Crippen LogP contribution is -2.30. The van der Waals surface area contributed by atoms with Gasteiger partial charge in [-0.15, -0.1) is 0 Å². The van der Waals surface area contributed by atoms with E-state index in [9.17, 15) is 14.0 Å². The van der Waals surface area contributed by atoms with Crippen LogP contribution in [0.15, 0.2) is 53.0 Å². The minimum Gasteiger partial charge on any atom is -0.449 e. The zero-order valence-corrected chi connectivity index (χ0v) is 13.3. The lowest BCUT2D eigenvalue weighted by Gasteiger charge is -2.14. The first-order valence-electron chi connectivity index (χ1n) is 6.49. The van der Waals surface area contributed by atoms with Gasteiger partial charge in [0.15, 0.2) is 6.10 Å². The first-order chi connectivity index (χ1) is 10.5. The molecule has 1 N–H and O–H groups in total. The molecule has 0 spiro atoms. The van der Waals surface area contributed by atoms with Gasteiger partial charge < -0.3 is 10.1 Å². The Morgan fingerprint density at radius 2 is 1.86 bits per heavy atom. The first-order valence-corrected chi connectivity index (χ1v) is 7.28. The fourth-order valence-electron chi connectivity index (χ4n) is 1.68. The number of ether oxygens (including phenoxy) is 1. The van der Waals surface area contributed by atoms with Crippen molar-refractivity contribution < 1.29 is 18.7 Å². The second-order valence-corrected chi connectivity index (χ2v) is 5.44. The molecule has 1 unspecified atom stereocenters. The summed E-state index contributed by atoms with van der Waals surface area (Å²) < 4.78 is 19.3. The molecule has 0 aliphatic heterocycles. The van der Waals surface area contributed by atoms with Crippen molar-refractivity contribution in [2.75, 3.05) is 5.32 Å². The minimum atomic E-state index is -1.05. The molecule has 0 saturated heterocycles. The Balaban J connectivity index is 1.99. The average Bonchev–Trinajstić information content (AvgIpc) is 2.50. The van der Waals surface area contributed by atoms with Crippen LogP contribution in [0.25, 0.3) is 0 Å². The van der Waals surface area contributed by atoms with Crippen LogP contribution < -0.4 is 5.32 Å². The summed E-state index contributed by atoms with van der Waals surface area (Å²) in [6.45, 7) is 1.42. The van der Waals surface area contributed by atoms with Crippen LogP contribution in [0.3, 0.4) is 0 Å². The summed E-state index contributed by atoms with van der Waals surface area (Å²) in [4.78, 5) is 23.8. The second kappa shape index (κ2) is 7.17. The van der Waals surface area contributed by atoms with Crippen molar-refractivity contribution in [3.05, 3.63) is 64.4 Å². The molecule has 0 aliphatic rings. The molecule has 4 nitrogen and oxygen atoms in total. The van der Waals surface area contributed by atoms with Gasteiger partial charge in [-0.05, 0) is 37.3 Å². The van der Waals surface area contributed by atoms with Gasteiger partial charge in [0.25, 0.3) is 5.91 Å². The van der Waals surface area contributed by atoms with E-state index in [0.717, 1.165) is 0 Å². The molecule has 1 amide bonds. The molecule has 2 rings (SSSR count). The van der Waals surface area contributed by atoms with Crippen molar-refractivity contribution in [2.45, 2.75) is 13.0 Å². The number of benzene rings is 2. The van der Waals surface area contributed by atoms with Crippen LogP contribution in [0, 0.1) is 5.82 Å². The predicted molar refractivity (Wildman–Crippen MR) is 84.0 cm³/mol. The van der Waals surface area contributed by atoms with Crippen LogP contribution in [-0.4, -0.2) is 18.0 Å². The van der Waals surface area contributed by atoms with Crippen LogP contribution in [0.5, 0.6) is 0 Å². The highest BCUT2D eigenvalue weighted by atomic mass is 79.9. The van der Waals surface area contributed by atoms with E-state index >= 15 is 0 Å². The standard InChI is InChI=1S/C16H13BrFNO3/c1-10(22-16(21)11-5-3-2-4-6-11)15(20)19-14-8-7-12(17)9-13(14)18/h2-10H,1H3,(H,19,20). The number of rotatable bonds is 4. The Hall–Kier alpha value is -2.21. The van der Waals surface area contributed by atoms with E-state index in [2.05, 4.69) is 21.2 Å². The van der Waals surface area contributed by atoms with E-state index in [1.54, 1.807) is 36.4 Å². The Bertz CT molecular complexity index is 691. The maximum atomic E-state index is 13.6. The smallest absolute Gasteiger partial charge is 0.338 e. The van der Waals surface area contributed by atoms with Crippen molar-refractivity contribution >= 4 is 33.5 Å². The SMILES string of the molecule is CC(OC(=O)c1ccccc1)C(=O)Nc1ccc(Br)cc1F. The average molecular weight is 366 g/mol. The Morgan fingerprint density at radius 3 is 2.50 bits per heavy atom. The number of halogens is 2. The van der Waals surface area contributed by atoms with Crippen molar-refractivity contribution in [2.24, 2.45) is 0 Å². The maximum absolute atomic E-state index is 13.6. The van der Waals surface area contributed by atoms with Crippen LogP contribution in [0.2, 0.25) is 0 Å². The van der Waals surface area contributed by atoms with Crippen LogP contribution in [0.1, 0.15) is 17.3 Å². The maximum Gasteiger partial charge on any atom is 0.338 e. The highest BCUT2D eigenvalue weighted by Crippen LogP contribution is 2.19. The number of carbonyl (C=O) groups excluding carboxylic acids is 2. The molecule has 0 bridgehead atoms. The summed E-state index contributed by atoms with van der Waals surface area (Å²) in [7, 11) is 0. The second-order valence-electron chi connectivity index (χ2n) is 4.53. The van der Waals surface area contributed by atoms with Crippen molar-refractivity contribution in [3.8, 4) is 0 Å². The fourth-order valence-corrected chi connectivity index (χ4v) is 2.01. The molecule has 0 radical (unpaired) electrons. The van der Waals surface area contributed by atoms with Gasteiger partial charge in [-0.2, -0.15) is 0 Å². The fraction of sp³-hybridized carbons (Fsp3) is 0.125. The number of hydrogen-bond donors (Lipinski definition) is 1. The summed E-state index contributed by atoms with van der Waals surface area (Å²) in [5.74, 6) is -1.80. The van der Waals surface area contributed by atoms with E-state index in [1.165, 1.54) is 19.1 Å². The molecule has 0 aliphatic carbocycles. The Kier molecular flexibility index (Phi) is 5.27. The molecule has 0 aromatic heterocycles. The van der Waals surface area contributed by atoms with E-state index in [1.807, 2.05) is 0 Å². The van der Waals surface area contributed by atoms with Gasteiger partial charge in [0, 0.05) is 4.47 Å².